The van der Waals surface area contributed by atoms with Gasteiger partial charge in [-0.3, -0.25) is 0 Å². The topological polar surface area (TPSA) is 86.0 Å². The molecular formula is C11H15BrN4O. The maximum Gasteiger partial charge on any atom is 0.211 e. The van der Waals surface area contributed by atoms with E-state index in [-0.39, 0.29) is 5.96 Å². The molecule has 0 saturated heterocycles. The minimum atomic E-state index is -0.0766. The summed E-state index contributed by atoms with van der Waals surface area (Å²) in [4.78, 5) is 0. The molecule has 0 fully saturated rings. The standard InChI is InChI=1S/C11H15BrN4O/c1-2-5-17-10-4-3-9(12)6-8(10)7-15-16-11(13)14/h3-4,6-7H,2,5H2,1H3,(H4,13,14,16)/b15-7+. The van der Waals surface area contributed by atoms with E-state index in [2.05, 4.69) is 26.1 Å². The molecule has 1 aromatic carbocycles. The Morgan fingerprint density at radius 2 is 2.24 bits per heavy atom. The van der Waals surface area contributed by atoms with Crippen LogP contribution in [-0.2, 0) is 0 Å². The molecule has 0 aliphatic rings. The fraction of sp³-hybridized carbons (Fsp3) is 0.273. The maximum atomic E-state index is 5.58. The molecule has 0 aliphatic carbocycles. The van der Waals surface area contributed by atoms with E-state index in [0.717, 1.165) is 22.2 Å². The number of benzene rings is 1. The molecule has 1 aromatic rings. The minimum Gasteiger partial charge on any atom is -0.493 e. The second-order valence-corrected chi connectivity index (χ2v) is 4.22. The predicted octanol–water partition coefficient (Wildman–Crippen LogP) is 1.85. The monoisotopic (exact) mass is 298 g/mol. The van der Waals surface area contributed by atoms with E-state index in [1.54, 1.807) is 6.21 Å². The number of nitrogens with zero attached hydrogens (tertiary/aromatic N) is 2. The van der Waals surface area contributed by atoms with Gasteiger partial charge in [0.2, 0.25) is 5.96 Å². The van der Waals surface area contributed by atoms with Crippen molar-refractivity contribution in [3.63, 3.8) is 0 Å². The van der Waals surface area contributed by atoms with E-state index in [1.807, 2.05) is 25.1 Å². The first kappa shape index (κ1) is 13.5. The molecule has 1 rings (SSSR count). The lowest BCUT2D eigenvalue weighted by Gasteiger charge is -2.07. The van der Waals surface area contributed by atoms with Crippen molar-refractivity contribution in [1.29, 1.82) is 0 Å². The molecule has 0 bridgehead atoms. The van der Waals surface area contributed by atoms with E-state index in [0.29, 0.717) is 6.61 Å². The largest absolute Gasteiger partial charge is 0.493 e. The number of ether oxygens (including phenoxy) is 1. The van der Waals surface area contributed by atoms with Gasteiger partial charge < -0.3 is 16.2 Å². The van der Waals surface area contributed by atoms with Crippen LogP contribution in [0.15, 0.2) is 32.9 Å². The molecule has 0 atom stereocenters. The molecule has 0 unspecified atom stereocenters. The molecule has 0 aliphatic heterocycles. The number of rotatable bonds is 5. The zero-order chi connectivity index (χ0) is 12.7. The summed E-state index contributed by atoms with van der Waals surface area (Å²) in [5, 5.41) is 7.30. The Labute approximate surface area is 109 Å². The average molecular weight is 299 g/mol. The van der Waals surface area contributed by atoms with Crippen molar-refractivity contribution in [2.75, 3.05) is 6.61 Å². The van der Waals surface area contributed by atoms with Crippen LogP contribution in [0.1, 0.15) is 18.9 Å². The van der Waals surface area contributed by atoms with Crippen LogP contribution in [0.3, 0.4) is 0 Å². The number of nitrogens with two attached hydrogens (primary N) is 2. The van der Waals surface area contributed by atoms with Gasteiger partial charge in [0.25, 0.3) is 0 Å². The van der Waals surface area contributed by atoms with Gasteiger partial charge in [-0.05, 0) is 24.6 Å². The molecule has 0 spiro atoms. The van der Waals surface area contributed by atoms with Gasteiger partial charge in [-0.25, -0.2) is 0 Å². The third-order valence-electron chi connectivity index (χ3n) is 1.80. The molecule has 0 aromatic heterocycles. The first-order chi connectivity index (χ1) is 8.13. The van der Waals surface area contributed by atoms with Crippen LogP contribution in [0, 0.1) is 0 Å². The third kappa shape index (κ3) is 4.86. The molecule has 92 valence electrons. The number of halogens is 1. The second kappa shape index (κ2) is 6.90. The van der Waals surface area contributed by atoms with E-state index >= 15 is 0 Å². The summed E-state index contributed by atoms with van der Waals surface area (Å²) in [6, 6.07) is 5.66. The predicted molar refractivity (Wildman–Crippen MR) is 73.3 cm³/mol. The molecule has 6 heteroatoms. The zero-order valence-electron chi connectivity index (χ0n) is 9.56. The lowest BCUT2D eigenvalue weighted by molar-refractivity contribution is 0.317. The molecule has 0 radical (unpaired) electrons. The van der Waals surface area contributed by atoms with Gasteiger partial charge >= 0.3 is 0 Å². The summed E-state index contributed by atoms with van der Waals surface area (Å²) >= 11 is 3.38. The Balaban J connectivity index is 2.90. The number of hydrogen-bond acceptors (Lipinski definition) is 3. The van der Waals surface area contributed by atoms with Crippen LogP contribution in [0.25, 0.3) is 0 Å². The molecule has 4 N–H and O–H groups in total. The Morgan fingerprint density at radius 3 is 2.88 bits per heavy atom. The van der Waals surface area contributed by atoms with Gasteiger partial charge in [-0.15, -0.1) is 5.10 Å². The van der Waals surface area contributed by atoms with Crippen molar-refractivity contribution >= 4 is 28.1 Å². The van der Waals surface area contributed by atoms with Crippen LogP contribution in [0.4, 0.5) is 0 Å². The Hall–Kier alpha value is -1.56. The summed E-state index contributed by atoms with van der Waals surface area (Å²) in [6.45, 7) is 2.71. The van der Waals surface area contributed by atoms with Crippen LogP contribution in [0.2, 0.25) is 0 Å². The maximum absolute atomic E-state index is 5.58. The summed E-state index contributed by atoms with van der Waals surface area (Å²) in [7, 11) is 0. The summed E-state index contributed by atoms with van der Waals surface area (Å²) in [6.07, 6.45) is 2.50. The SMILES string of the molecule is CCCOc1ccc(Br)cc1/C=N/N=C(N)N. The fourth-order valence-electron chi connectivity index (χ4n) is 1.12. The van der Waals surface area contributed by atoms with Crippen molar-refractivity contribution in [1.82, 2.24) is 0 Å². The Bertz CT molecular complexity index is 427. The second-order valence-electron chi connectivity index (χ2n) is 3.30. The molecular weight excluding hydrogens is 284 g/mol. The Morgan fingerprint density at radius 1 is 1.47 bits per heavy atom. The zero-order valence-corrected chi connectivity index (χ0v) is 11.1. The molecule has 17 heavy (non-hydrogen) atoms. The van der Waals surface area contributed by atoms with E-state index < -0.39 is 0 Å². The van der Waals surface area contributed by atoms with Crippen molar-refractivity contribution < 1.29 is 4.74 Å². The molecule has 0 heterocycles. The fourth-order valence-corrected chi connectivity index (χ4v) is 1.50. The average Bonchev–Trinajstić information content (AvgIpc) is 2.27. The quantitative estimate of drug-likeness (QED) is 0.494. The van der Waals surface area contributed by atoms with Gasteiger partial charge in [0, 0.05) is 10.0 Å². The van der Waals surface area contributed by atoms with E-state index in [4.69, 9.17) is 16.2 Å². The molecule has 5 nitrogen and oxygen atoms in total. The van der Waals surface area contributed by atoms with Gasteiger partial charge in [0.05, 0.1) is 12.8 Å². The summed E-state index contributed by atoms with van der Waals surface area (Å²) < 4.78 is 6.51. The highest BCUT2D eigenvalue weighted by molar-refractivity contribution is 9.10. The first-order valence-electron chi connectivity index (χ1n) is 5.17. The van der Waals surface area contributed by atoms with Crippen molar-refractivity contribution in [2.24, 2.45) is 21.7 Å². The smallest absolute Gasteiger partial charge is 0.211 e. The Kier molecular flexibility index (Phi) is 5.48. The highest BCUT2D eigenvalue weighted by atomic mass is 79.9. The van der Waals surface area contributed by atoms with Crippen LogP contribution < -0.4 is 16.2 Å². The van der Waals surface area contributed by atoms with Crippen LogP contribution in [0.5, 0.6) is 5.75 Å². The van der Waals surface area contributed by atoms with Gasteiger partial charge in [-0.1, -0.05) is 22.9 Å². The van der Waals surface area contributed by atoms with Gasteiger partial charge in [-0.2, -0.15) is 5.10 Å². The van der Waals surface area contributed by atoms with Gasteiger partial charge in [0.15, 0.2) is 0 Å². The lowest BCUT2D eigenvalue weighted by Crippen LogP contribution is -2.21. The normalized spacial score (nSPS) is 10.5. The molecule has 0 amide bonds. The van der Waals surface area contributed by atoms with Crippen molar-refractivity contribution in [2.45, 2.75) is 13.3 Å². The minimum absolute atomic E-state index is 0.0766. The van der Waals surface area contributed by atoms with Gasteiger partial charge in [0.1, 0.15) is 5.75 Å². The highest BCUT2D eigenvalue weighted by Crippen LogP contribution is 2.22. The lowest BCUT2D eigenvalue weighted by atomic mass is 10.2. The molecule has 0 saturated carbocycles. The van der Waals surface area contributed by atoms with Crippen molar-refractivity contribution in [3.8, 4) is 5.75 Å². The van der Waals surface area contributed by atoms with Crippen LogP contribution >= 0.6 is 15.9 Å². The van der Waals surface area contributed by atoms with Crippen molar-refractivity contribution in [3.05, 3.63) is 28.2 Å². The third-order valence-corrected chi connectivity index (χ3v) is 2.30. The van der Waals surface area contributed by atoms with E-state index in [9.17, 15) is 0 Å². The first-order valence-corrected chi connectivity index (χ1v) is 5.97. The summed E-state index contributed by atoms with van der Waals surface area (Å²) in [5.41, 5.74) is 11.2. The van der Waals surface area contributed by atoms with Crippen LogP contribution in [-0.4, -0.2) is 18.8 Å². The highest BCUT2D eigenvalue weighted by Gasteiger charge is 2.02. The van der Waals surface area contributed by atoms with E-state index in [1.165, 1.54) is 0 Å². The number of hydrogen-bond donors (Lipinski definition) is 2. The number of guanidine groups is 1. The summed E-state index contributed by atoms with van der Waals surface area (Å²) in [5.74, 6) is 0.678.